The van der Waals surface area contributed by atoms with Gasteiger partial charge in [0.25, 0.3) is 0 Å². The summed E-state index contributed by atoms with van der Waals surface area (Å²) in [5.74, 6) is 3.41. The Morgan fingerprint density at radius 2 is 2.18 bits per heavy atom. The van der Waals surface area contributed by atoms with E-state index in [2.05, 4.69) is 32.5 Å². The molecule has 0 aromatic heterocycles. The third-order valence-electron chi connectivity index (χ3n) is 2.38. The van der Waals surface area contributed by atoms with Crippen LogP contribution in [0.15, 0.2) is 11.1 Å². The van der Waals surface area contributed by atoms with Gasteiger partial charge in [-0.05, 0) is 24.5 Å². The fourth-order valence-corrected chi connectivity index (χ4v) is 2.91. The van der Waals surface area contributed by atoms with Crippen molar-refractivity contribution in [3.63, 3.8) is 0 Å². The Kier molecular flexibility index (Phi) is 3.50. The predicted octanol–water partition coefficient (Wildman–Crippen LogP) is 3.49. The lowest BCUT2D eigenvalue weighted by molar-refractivity contribution is 0.735. The van der Waals surface area contributed by atoms with Crippen LogP contribution in [0.25, 0.3) is 0 Å². The molecule has 0 nitrogen and oxygen atoms in total. The summed E-state index contributed by atoms with van der Waals surface area (Å²) >= 11 is 2.09. The van der Waals surface area contributed by atoms with Crippen LogP contribution in [-0.2, 0) is 0 Å². The van der Waals surface area contributed by atoms with Gasteiger partial charge in [-0.3, -0.25) is 0 Å². The average molecular weight is 170 g/mol. The first-order valence-electron chi connectivity index (χ1n) is 4.54. The first-order chi connectivity index (χ1) is 5.25. The van der Waals surface area contributed by atoms with Crippen LogP contribution in [0.2, 0.25) is 0 Å². The van der Waals surface area contributed by atoms with Gasteiger partial charge in [0.15, 0.2) is 0 Å². The predicted molar refractivity (Wildman–Crippen MR) is 54.1 cm³/mol. The molecule has 0 aliphatic carbocycles. The monoisotopic (exact) mass is 170 g/mol. The molecule has 0 N–H and O–H groups in total. The minimum Gasteiger partial charge on any atom is -0.157 e. The minimum atomic E-state index is 0.776. The topological polar surface area (TPSA) is 0 Å². The SMILES string of the molecule is CCC1=C(C(C)C)CSCC1. The van der Waals surface area contributed by atoms with Gasteiger partial charge in [0, 0.05) is 5.75 Å². The van der Waals surface area contributed by atoms with Gasteiger partial charge in [0.2, 0.25) is 0 Å². The van der Waals surface area contributed by atoms with Crippen LogP contribution in [0.1, 0.15) is 33.6 Å². The van der Waals surface area contributed by atoms with Crippen molar-refractivity contribution in [1.82, 2.24) is 0 Å². The fraction of sp³-hybridized carbons (Fsp3) is 0.800. The van der Waals surface area contributed by atoms with Crippen molar-refractivity contribution in [2.45, 2.75) is 33.6 Å². The van der Waals surface area contributed by atoms with Crippen LogP contribution >= 0.6 is 11.8 Å². The molecule has 0 saturated carbocycles. The van der Waals surface area contributed by atoms with Crippen molar-refractivity contribution < 1.29 is 0 Å². The number of hydrogen-bond donors (Lipinski definition) is 0. The number of rotatable bonds is 2. The lowest BCUT2D eigenvalue weighted by Gasteiger charge is -2.21. The van der Waals surface area contributed by atoms with E-state index in [4.69, 9.17) is 0 Å². The Bertz CT molecular complexity index is 156. The molecule has 1 rings (SSSR count). The Morgan fingerprint density at radius 3 is 2.64 bits per heavy atom. The minimum absolute atomic E-state index is 0.776. The van der Waals surface area contributed by atoms with Crippen LogP contribution in [0.3, 0.4) is 0 Å². The summed E-state index contributed by atoms with van der Waals surface area (Å²) in [5.41, 5.74) is 3.46. The number of hydrogen-bond acceptors (Lipinski definition) is 1. The lowest BCUT2D eigenvalue weighted by atomic mass is 9.95. The van der Waals surface area contributed by atoms with Gasteiger partial charge in [0.1, 0.15) is 0 Å². The van der Waals surface area contributed by atoms with Gasteiger partial charge in [0.05, 0.1) is 0 Å². The summed E-state index contributed by atoms with van der Waals surface area (Å²) in [6.07, 6.45) is 2.61. The molecule has 0 amide bonds. The normalized spacial score (nSPS) is 19.6. The van der Waals surface area contributed by atoms with Gasteiger partial charge in [-0.25, -0.2) is 0 Å². The van der Waals surface area contributed by atoms with Gasteiger partial charge in [-0.2, -0.15) is 11.8 Å². The van der Waals surface area contributed by atoms with E-state index < -0.39 is 0 Å². The van der Waals surface area contributed by atoms with Crippen LogP contribution in [0.4, 0.5) is 0 Å². The second kappa shape index (κ2) is 4.20. The molecule has 11 heavy (non-hydrogen) atoms. The number of thioether (sulfide) groups is 1. The van der Waals surface area contributed by atoms with Crippen molar-refractivity contribution >= 4 is 11.8 Å². The molecule has 0 bridgehead atoms. The summed E-state index contributed by atoms with van der Waals surface area (Å²) in [4.78, 5) is 0. The summed E-state index contributed by atoms with van der Waals surface area (Å²) in [7, 11) is 0. The van der Waals surface area contributed by atoms with Crippen molar-refractivity contribution in [2.24, 2.45) is 5.92 Å². The van der Waals surface area contributed by atoms with Crippen LogP contribution in [0, 0.1) is 5.92 Å². The zero-order valence-corrected chi connectivity index (χ0v) is 8.63. The molecule has 0 spiro atoms. The van der Waals surface area contributed by atoms with Crippen molar-refractivity contribution in [1.29, 1.82) is 0 Å². The first-order valence-corrected chi connectivity index (χ1v) is 5.69. The van der Waals surface area contributed by atoms with Crippen molar-refractivity contribution in [3.05, 3.63) is 11.1 Å². The quantitative estimate of drug-likeness (QED) is 0.572. The highest BCUT2D eigenvalue weighted by Gasteiger charge is 2.13. The second-order valence-electron chi connectivity index (χ2n) is 3.44. The van der Waals surface area contributed by atoms with E-state index in [0.29, 0.717) is 0 Å². The van der Waals surface area contributed by atoms with E-state index in [0.717, 1.165) is 5.92 Å². The van der Waals surface area contributed by atoms with E-state index >= 15 is 0 Å². The molecule has 0 radical (unpaired) electrons. The standard InChI is InChI=1S/C10H18S/c1-4-9-5-6-11-7-10(9)8(2)3/h8H,4-7H2,1-3H3. The molecule has 1 aliphatic rings. The Hall–Kier alpha value is 0.0900. The van der Waals surface area contributed by atoms with Crippen LogP contribution in [-0.4, -0.2) is 11.5 Å². The Balaban J connectivity index is 2.73. The third kappa shape index (κ3) is 2.26. The zero-order valence-electron chi connectivity index (χ0n) is 7.81. The molecular formula is C10H18S. The summed E-state index contributed by atoms with van der Waals surface area (Å²) in [5, 5.41) is 0. The Morgan fingerprint density at radius 1 is 1.45 bits per heavy atom. The lowest BCUT2D eigenvalue weighted by Crippen LogP contribution is -2.08. The van der Waals surface area contributed by atoms with Crippen molar-refractivity contribution in [2.75, 3.05) is 11.5 Å². The summed E-state index contributed by atoms with van der Waals surface area (Å²) in [6.45, 7) is 6.92. The van der Waals surface area contributed by atoms with Gasteiger partial charge in [-0.1, -0.05) is 31.9 Å². The maximum atomic E-state index is 2.32. The molecule has 0 aromatic rings. The van der Waals surface area contributed by atoms with Crippen LogP contribution < -0.4 is 0 Å². The zero-order chi connectivity index (χ0) is 8.27. The molecule has 1 heterocycles. The molecule has 0 aromatic carbocycles. The largest absolute Gasteiger partial charge is 0.157 e. The van der Waals surface area contributed by atoms with E-state index in [1.165, 1.54) is 24.3 Å². The molecule has 1 aliphatic heterocycles. The molecule has 0 unspecified atom stereocenters. The molecule has 64 valence electrons. The summed E-state index contributed by atoms with van der Waals surface area (Å²) < 4.78 is 0. The molecule has 1 heteroatoms. The number of allylic oxidation sites excluding steroid dienone is 1. The molecule has 0 saturated heterocycles. The maximum Gasteiger partial charge on any atom is 0.0148 e. The highest BCUT2D eigenvalue weighted by molar-refractivity contribution is 7.99. The molecular weight excluding hydrogens is 152 g/mol. The van der Waals surface area contributed by atoms with Crippen LogP contribution in [0.5, 0.6) is 0 Å². The third-order valence-corrected chi connectivity index (χ3v) is 3.39. The van der Waals surface area contributed by atoms with E-state index in [1.807, 2.05) is 0 Å². The van der Waals surface area contributed by atoms with E-state index in [-0.39, 0.29) is 0 Å². The smallest absolute Gasteiger partial charge is 0.0148 e. The highest BCUT2D eigenvalue weighted by Crippen LogP contribution is 2.29. The van der Waals surface area contributed by atoms with E-state index in [1.54, 1.807) is 11.1 Å². The Labute approximate surface area is 74.5 Å². The molecule has 0 fully saturated rings. The van der Waals surface area contributed by atoms with E-state index in [9.17, 15) is 0 Å². The summed E-state index contributed by atoms with van der Waals surface area (Å²) in [6, 6.07) is 0. The average Bonchev–Trinajstić information content (AvgIpc) is 2.04. The second-order valence-corrected chi connectivity index (χ2v) is 4.54. The molecule has 0 atom stereocenters. The van der Waals surface area contributed by atoms with Gasteiger partial charge in [-0.15, -0.1) is 0 Å². The first kappa shape index (κ1) is 9.18. The highest BCUT2D eigenvalue weighted by atomic mass is 32.2. The fourth-order valence-electron chi connectivity index (χ4n) is 1.62. The maximum absolute atomic E-state index is 2.32. The van der Waals surface area contributed by atoms with Gasteiger partial charge < -0.3 is 0 Å². The van der Waals surface area contributed by atoms with Crippen molar-refractivity contribution in [3.8, 4) is 0 Å². The van der Waals surface area contributed by atoms with Gasteiger partial charge >= 0.3 is 0 Å².